The molecule has 22 heavy (non-hydrogen) atoms. The van der Waals surface area contributed by atoms with E-state index < -0.39 is 41.9 Å². The molecule has 0 aromatic rings. The van der Waals surface area contributed by atoms with Crippen LogP contribution in [0, 0.1) is 5.41 Å². The van der Waals surface area contributed by atoms with Crippen molar-refractivity contribution in [1.82, 2.24) is 0 Å². The van der Waals surface area contributed by atoms with Gasteiger partial charge in [0.25, 0.3) is 0 Å². The van der Waals surface area contributed by atoms with Crippen LogP contribution in [0.4, 0.5) is 0 Å². The molecule has 5 atom stereocenters. The smallest absolute Gasteiger partial charge is 0.314 e. The van der Waals surface area contributed by atoms with Crippen LogP contribution in [-0.2, 0) is 9.53 Å². The first kappa shape index (κ1) is 19.1. The Kier molecular flexibility index (Phi) is 6.99. The lowest BCUT2D eigenvalue weighted by molar-refractivity contribution is -0.172. The zero-order valence-corrected chi connectivity index (χ0v) is 13.5. The number of carbonyl (C=O) groups excluding carboxylic acids is 1. The van der Waals surface area contributed by atoms with Gasteiger partial charge < -0.3 is 25.2 Å². The molecule has 0 aliphatic carbocycles. The van der Waals surface area contributed by atoms with Gasteiger partial charge in [-0.05, 0) is 20.3 Å². The van der Waals surface area contributed by atoms with Crippen LogP contribution in [0.1, 0.15) is 46.5 Å². The third kappa shape index (κ3) is 5.05. The van der Waals surface area contributed by atoms with E-state index in [1.807, 2.05) is 6.92 Å². The first-order chi connectivity index (χ1) is 10.2. The lowest BCUT2D eigenvalue weighted by Crippen LogP contribution is -2.47. The van der Waals surface area contributed by atoms with E-state index in [1.54, 1.807) is 0 Å². The van der Waals surface area contributed by atoms with E-state index in [0.29, 0.717) is 6.42 Å². The summed E-state index contributed by atoms with van der Waals surface area (Å²) in [4.78, 5) is 12.3. The average molecular weight is 316 g/mol. The standard InChI is InChI=1S/C16H28O6/c1-4-5-10(17)8-12-9-11(18)6-7-13(19)14(20)16(2,3)15(21)22-12/h6-7,10-14,17-20H,4-5,8-9H2,1-3H3/b7-6-/t10-,11+,12+,13+,14+/m0/s1. The highest BCUT2D eigenvalue weighted by molar-refractivity contribution is 5.77. The van der Waals surface area contributed by atoms with Crippen LogP contribution in [0.3, 0.4) is 0 Å². The van der Waals surface area contributed by atoms with Crippen LogP contribution in [0.15, 0.2) is 12.2 Å². The van der Waals surface area contributed by atoms with E-state index in [0.717, 1.165) is 6.42 Å². The molecule has 4 N–H and O–H groups in total. The number of carbonyl (C=O) groups is 1. The van der Waals surface area contributed by atoms with Crippen LogP contribution < -0.4 is 0 Å². The third-order valence-electron chi connectivity index (χ3n) is 4.05. The topological polar surface area (TPSA) is 107 Å². The van der Waals surface area contributed by atoms with Gasteiger partial charge >= 0.3 is 5.97 Å². The summed E-state index contributed by atoms with van der Waals surface area (Å²) in [5.74, 6) is -0.657. The average Bonchev–Trinajstić information content (AvgIpc) is 2.42. The molecule has 1 heterocycles. The molecule has 0 amide bonds. The quantitative estimate of drug-likeness (QED) is 0.445. The molecule has 6 nitrogen and oxygen atoms in total. The number of aliphatic hydroxyl groups excluding tert-OH is 4. The van der Waals surface area contributed by atoms with Gasteiger partial charge in [-0.25, -0.2) is 0 Å². The fraction of sp³-hybridized carbons (Fsp3) is 0.812. The molecule has 0 bridgehead atoms. The minimum atomic E-state index is -1.34. The Bertz CT molecular complexity index is 392. The van der Waals surface area contributed by atoms with Gasteiger partial charge in [0.15, 0.2) is 0 Å². The zero-order valence-electron chi connectivity index (χ0n) is 13.5. The maximum Gasteiger partial charge on any atom is 0.314 e. The van der Waals surface area contributed by atoms with E-state index >= 15 is 0 Å². The number of hydrogen-bond acceptors (Lipinski definition) is 6. The number of aliphatic hydroxyl groups is 4. The van der Waals surface area contributed by atoms with Gasteiger partial charge in [0, 0.05) is 12.8 Å². The van der Waals surface area contributed by atoms with E-state index in [-0.39, 0.29) is 12.8 Å². The summed E-state index contributed by atoms with van der Waals surface area (Å²) in [6, 6.07) is 0. The highest BCUT2D eigenvalue weighted by Gasteiger charge is 2.42. The highest BCUT2D eigenvalue weighted by Crippen LogP contribution is 2.29. The second-order valence-electron chi connectivity index (χ2n) is 6.55. The Labute approximate surface area is 131 Å². The minimum Gasteiger partial charge on any atom is -0.462 e. The Morgan fingerprint density at radius 1 is 1.32 bits per heavy atom. The summed E-state index contributed by atoms with van der Waals surface area (Å²) < 4.78 is 5.38. The number of cyclic esters (lactones) is 1. The molecule has 0 aromatic heterocycles. The van der Waals surface area contributed by atoms with Crippen LogP contribution in [0.5, 0.6) is 0 Å². The fourth-order valence-electron chi connectivity index (χ4n) is 2.49. The molecule has 0 radical (unpaired) electrons. The SMILES string of the molecule is CCC[C@H](O)C[C@@H]1C[C@H](O)/C=C\[C@@H](O)[C@@H](O)C(C)(C)C(=O)O1. The molecule has 0 spiro atoms. The summed E-state index contributed by atoms with van der Waals surface area (Å²) in [5, 5.41) is 39.8. The number of hydrogen-bond donors (Lipinski definition) is 4. The largest absolute Gasteiger partial charge is 0.462 e. The van der Waals surface area contributed by atoms with Crippen molar-refractivity contribution in [3.05, 3.63) is 12.2 Å². The van der Waals surface area contributed by atoms with Gasteiger partial charge in [-0.2, -0.15) is 0 Å². The highest BCUT2D eigenvalue weighted by atomic mass is 16.5. The van der Waals surface area contributed by atoms with Crippen molar-refractivity contribution >= 4 is 5.97 Å². The maximum atomic E-state index is 12.3. The molecule has 128 valence electrons. The monoisotopic (exact) mass is 316 g/mol. The van der Waals surface area contributed by atoms with Gasteiger partial charge in [0.05, 0.1) is 29.8 Å². The van der Waals surface area contributed by atoms with Crippen molar-refractivity contribution in [2.75, 3.05) is 0 Å². The van der Waals surface area contributed by atoms with Crippen LogP contribution in [-0.4, -0.2) is 56.9 Å². The summed E-state index contributed by atoms with van der Waals surface area (Å²) in [5.41, 5.74) is -1.29. The molecule has 0 saturated carbocycles. The Balaban J connectivity index is 2.94. The Morgan fingerprint density at radius 2 is 1.95 bits per heavy atom. The molecule has 1 rings (SSSR count). The van der Waals surface area contributed by atoms with E-state index in [1.165, 1.54) is 26.0 Å². The van der Waals surface area contributed by atoms with Crippen molar-refractivity contribution in [2.45, 2.75) is 77.0 Å². The summed E-state index contributed by atoms with van der Waals surface area (Å²) >= 11 is 0. The number of ether oxygens (including phenoxy) is 1. The van der Waals surface area contributed by atoms with Crippen molar-refractivity contribution in [1.29, 1.82) is 0 Å². The summed E-state index contributed by atoms with van der Waals surface area (Å²) in [7, 11) is 0. The fourth-order valence-corrected chi connectivity index (χ4v) is 2.49. The number of rotatable bonds is 4. The molecular formula is C16H28O6. The van der Waals surface area contributed by atoms with Gasteiger partial charge in [0.2, 0.25) is 0 Å². The Hall–Kier alpha value is -0.950. The van der Waals surface area contributed by atoms with E-state index in [2.05, 4.69) is 0 Å². The van der Waals surface area contributed by atoms with Gasteiger partial charge in [-0.3, -0.25) is 4.79 Å². The molecule has 0 unspecified atom stereocenters. The van der Waals surface area contributed by atoms with Crippen LogP contribution in [0.2, 0.25) is 0 Å². The molecule has 0 aromatic carbocycles. The van der Waals surface area contributed by atoms with E-state index in [4.69, 9.17) is 4.74 Å². The lowest BCUT2D eigenvalue weighted by atomic mass is 9.82. The van der Waals surface area contributed by atoms with Crippen molar-refractivity contribution in [3.63, 3.8) is 0 Å². The van der Waals surface area contributed by atoms with Gasteiger partial charge in [-0.1, -0.05) is 25.5 Å². The molecule has 6 heteroatoms. The maximum absolute atomic E-state index is 12.3. The predicted molar refractivity (Wildman–Crippen MR) is 81.0 cm³/mol. The van der Waals surface area contributed by atoms with E-state index in [9.17, 15) is 25.2 Å². The van der Waals surface area contributed by atoms with Crippen molar-refractivity contribution < 1.29 is 30.0 Å². The minimum absolute atomic E-state index is 0.141. The lowest BCUT2D eigenvalue weighted by Gasteiger charge is -2.34. The normalized spacial score (nSPS) is 35.5. The second-order valence-corrected chi connectivity index (χ2v) is 6.55. The molecule has 0 saturated heterocycles. The van der Waals surface area contributed by atoms with Crippen LogP contribution >= 0.6 is 0 Å². The van der Waals surface area contributed by atoms with Gasteiger partial charge in [0.1, 0.15) is 6.10 Å². The molecule has 1 aliphatic heterocycles. The van der Waals surface area contributed by atoms with Crippen molar-refractivity contribution in [2.24, 2.45) is 5.41 Å². The van der Waals surface area contributed by atoms with Crippen molar-refractivity contribution in [3.8, 4) is 0 Å². The zero-order chi connectivity index (χ0) is 16.9. The predicted octanol–water partition coefficient (Wildman–Crippen LogP) is 0.518. The second kappa shape index (κ2) is 8.06. The Morgan fingerprint density at radius 3 is 2.55 bits per heavy atom. The summed E-state index contributed by atoms with van der Waals surface area (Å²) in [6.45, 7) is 4.93. The number of esters is 1. The first-order valence-corrected chi connectivity index (χ1v) is 7.80. The van der Waals surface area contributed by atoms with Crippen LogP contribution in [0.25, 0.3) is 0 Å². The molecule has 0 fully saturated rings. The molecule has 1 aliphatic rings. The molecular weight excluding hydrogens is 288 g/mol. The summed E-state index contributed by atoms with van der Waals surface area (Å²) in [6.07, 6.45) is -0.350. The third-order valence-corrected chi connectivity index (χ3v) is 4.05. The first-order valence-electron chi connectivity index (χ1n) is 7.80. The van der Waals surface area contributed by atoms with Gasteiger partial charge in [-0.15, -0.1) is 0 Å².